The Balaban J connectivity index is -0.0000000906. The van der Waals surface area contributed by atoms with Crippen molar-refractivity contribution in [2.45, 2.75) is 72.8 Å². The third-order valence-corrected chi connectivity index (χ3v) is 1.97. The number of aliphatic carboxylic acids is 3. The molecule has 0 aliphatic rings. The highest BCUT2D eigenvalue weighted by atomic mass is 16.5. The van der Waals surface area contributed by atoms with Gasteiger partial charge >= 0.3 is 5.97 Å². The molecule has 0 aromatic rings. The molecule has 0 saturated carbocycles. The van der Waals surface area contributed by atoms with Crippen molar-refractivity contribution >= 4 is 23.9 Å². The first-order valence-corrected chi connectivity index (χ1v) is 8.89. The summed E-state index contributed by atoms with van der Waals surface area (Å²) in [5.41, 5.74) is 0. The number of carboxylic acid groups (broad SMARTS) is 3. The van der Waals surface area contributed by atoms with Gasteiger partial charge in [-0.2, -0.15) is 0 Å². The third-order valence-electron chi connectivity index (χ3n) is 1.97. The molecule has 0 aliphatic carbocycles. The minimum atomic E-state index is -0.954. The van der Waals surface area contributed by atoms with Gasteiger partial charge in [0.1, 0.15) is 6.10 Å². The van der Waals surface area contributed by atoms with E-state index < -0.39 is 24.0 Å². The summed E-state index contributed by atoms with van der Waals surface area (Å²) in [5, 5.41) is 46.3. The van der Waals surface area contributed by atoms with Gasteiger partial charge in [0.05, 0.1) is 19.8 Å². The van der Waals surface area contributed by atoms with E-state index in [0.717, 1.165) is 27.2 Å². The predicted molar refractivity (Wildman–Crippen MR) is 105 cm³/mol. The number of esters is 1. The van der Waals surface area contributed by atoms with Gasteiger partial charge in [-0.25, -0.2) is 0 Å². The van der Waals surface area contributed by atoms with Gasteiger partial charge in [0.2, 0.25) is 0 Å². The van der Waals surface area contributed by atoms with Crippen LogP contribution in [-0.2, 0) is 23.9 Å². The Morgan fingerprint density at radius 3 is 1.24 bits per heavy atom. The van der Waals surface area contributed by atoms with E-state index in [4.69, 9.17) is 49.8 Å². The van der Waals surface area contributed by atoms with Crippen LogP contribution in [-0.4, -0.2) is 80.4 Å². The molecule has 0 bridgehead atoms. The molecule has 0 fully saturated rings. The summed E-state index contributed by atoms with van der Waals surface area (Å²) in [4.78, 5) is 37.3. The van der Waals surface area contributed by atoms with Gasteiger partial charge in [-0.1, -0.05) is 32.6 Å². The van der Waals surface area contributed by atoms with Crippen LogP contribution in [0.4, 0.5) is 0 Å². The van der Waals surface area contributed by atoms with Crippen molar-refractivity contribution < 1.29 is 54.6 Å². The van der Waals surface area contributed by atoms with Crippen LogP contribution in [0.2, 0.25) is 0 Å². The summed E-state index contributed by atoms with van der Waals surface area (Å²) in [6.07, 6.45) is 5.05. The normalized spacial score (nSPS) is 8.31. The molecule has 29 heavy (non-hydrogen) atoms. The summed E-state index contributed by atoms with van der Waals surface area (Å²) in [6.45, 7) is 6.75. The van der Waals surface area contributed by atoms with Gasteiger partial charge in [0.15, 0.2) is 0 Å². The summed E-state index contributed by atoms with van der Waals surface area (Å²) in [7, 11) is 0. The molecule has 0 rings (SSSR count). The van der Waals surface area contributed by atoms with Crippen molar-refractivity contribution in [3.05, 3.63) is 0 Å². The quantitative estimate of drug-likeness (QED) is 0.238. The van der Waals surface area contributed by atoms with Crippen molar-refractivity contribution in [3.8, 4) is 0 Å². The summed E-state index contributed by atoms with van der Waals surface area (Å²) >= 11 is 0. The Labute approximate surface area is 171 Å². The number of carbonyl (C=O) groups excluding carboxylic acids is 1. The maximum absolute atomic E-state index is 10.3. The number of carboxylic acids is 3. The zero-order chi connectivity index (χ0) is 24.3. The summed E-state index contributed by atoms with van der Waals surface area (Å²) < 4.78 is 4.78. The summed E-state index contributed by atoms with van der Waals surface area (Å²) in [5.74, 6) is -2.67. The smallest absolute Gasteiger partial charge is 0.302 e. The fraction of sp³-hybridized carbons (Fsp3) is 0.778. The molecule has 176 valence electrons. The monoisotopic (exact) mass is 430 g/mol. The van der Waals surface area contributed by atoms with E-state index in [1.165, 1.54) is 32.6 Å². The lowest BCUT2D eigenvalue weighted by molar-refractivity contribution is -0.141. The molecular weight excluding hydrogens is 392 g/mol. The molecule has 0 aliphatic heterocycles. The molecule has 0 unspecified atom stereocenters. The molecule has 0 heterocycles. The first kappa shape index (κ1) is 37.5. The molecule has 0 saturated heterocycles. The Bertz CT molecular complexity index is 339. The minimum absolute atomic E-state index is 0.166. The first-order chi connectivity index (χ1) is 13.3. The number of hydrogen-bond acceptors (Lipinski definition) is 8. The van der Waals surface area contributed by atoms with Crippen LogP contribution in [0.5, 0.6) is 0 Å². The van der Waals surface area contributed by atoms with Crippen molar-refractivity contribution in [2.75, 3.05) is 19.8 Å². The van der Waals surface area contributed by atoms with E-state index in [9.17, 15) is 4.79 Å². The molecule has 11 heteroatoms. The Kier molecular flexibility index (Phi) is 43.1. The van der Waals surface area contributed by atoms with Gasteiger partial charge in [-0.15, -0.1) is 0 Å². The van der Waals surface area contributed by atoms with Crippen LogP contribution >= 0.6 is 0 Å². The zero-order valence-electron chi connectivity index (χ0n) is 18.0. The number of unbranched alkanes of at least 4 members (excludes halogenated alkanes) is 4. The number of hydrogen-bond donors (Lipinski definition) is 6. The maximum Gasteiger partial charge on any atom is 0.302 e. The molecule has 11 nitrogen and oxygen atoms in total. The van der Waals surface area contributed by atoms with Crippen LogP contribution < -0.4 is 0 Å². The number of ether oxygens (including phenoxy) is 1. The van der Waals surface area contributed by atoms with E-state index in [2.05, 4.69) is 6.92 Å². The highest BCUT2D eigenvalue weighted by molar-refractivity contribution is 5.65. The van der Waals surface area contributed by atoms with Gasteiger partial charge in [0, 0.05) is 27.7 Å². The van der Waals surface area contributed by atoms with Crippen LogP contribution in [0, 0.1) is 0 Å². The molecule has 6 N–H and O–H groups in total. The first-order valence-electron chi connectivity index (χ1n) is 8.89. The average Bonchev–Trinajstić information content (AvgIpc) is 2.56. The van der Waals surface area contributed by atoms with E-state index in [0.29, 0.717) is 6.61 Å². The lowest BCUT2D eigenvalue weighted by atomic mass is 10.2. The SMILES string of the molecule is CC(=O)O.CC(=O)O.CC(=O)O.CCCCCCCOC(C)=O.OCC(O)CO. The van der Waals surface area contributed by atoms with Crippen molar-refractivity contribution in [1.29, 1.82) is 0 Å². The van der Waals surface area contributed by atoms with Gasteiger partial charge < -0.3 is 35.4 Å². The van der Waals surface area contributed by atoms with Gasteiger partial charge in [-0.05, 0) is 6.42 Å². The van der Waals surface area contributed by atoms with Crippen LogP contribution in [0.1, 0.15) is 66.7 Å². The van der Waals surface area contributed by atoms with Gasteiger partial charge in [-0.3, -0.25) is 19.2 Å². The number of carbonyl (C=O) groups is 4. The second-order valence-corrected chi connectivity index (χ2v) is 5.33. The van der Waals surface area contributed by atoms with E-state index in [-0.39, 0.29) is 19.2 Å². The summed E-state index contributed by atoms with van der Waals surface area (Å²) in [6, 6.07) is 0. The van der Waals surface area contributed by atoms with Gasteiger partial charge in [0.25, 0.3) is 17.9 Å². The topological polar surface area (TPSA) is 199 Å². The second kappa shape index (κ2) is 33.4. The van der Waals surface area contributed by atoms with Crippen molar-refractivity contribution in [1.82, 2.24) is 0 Å². The lowest BCUT2D eigenvalue weighted by Crippen LogP contribution is -2.15. The molecule has 0 aromatic carbocycles. The van der Waals surface area contributed by atoms with Crippen LogP contribution in [0.3, 0.4) is 0 Å². The average molecular weight is 430 g/mol. The molecule has 0 spiro atoms. The van der Waals surface area contributed by atoms with Crippen molar-refractivity contribution in [3.63, 3.8) is 0 Å². The standard InChI is InChI=1S/C9H18O2.C3H8O3.3C2H4O2/c1-3-4-5-6-7-8-11-9(2)10;4-1-3(6)2-5;3*1-2(3)4/h3-8H2,1-2H3;3-6H,1-2H2;3*1H3,(H,3,4). The molecule has 0 atom stereocenters. The Morgan fingerprint density at radius 1 is 0.724 bits per heavy atom. The molecule has 0 amide bonds. The molecular formula is C18H38O11. The molecule has 0 aromatic heterocycles. The molecule has 0 radical (unpaired) electrons. The number of aliphatic hydroxyl groups excluding tert-OH is 3. The lowest BCUT2D eigenvalue weighted by Gasteiger charge is -2.00. The minimum Gasteiger partial charge on any atom is -0.481 e. The fourth-order valence-electron chi connectivity index (χ4n) is 0.979. The zero-order valence-corrected chi connectivity index (χ0v) is 18.0. The number of aliphatic hydroxyl groups is 3. The van der Waals surface area contributed by atoms with Crippen LogP contribution in [0.25, 0.3) is 0 Å². The van der Waals surface area contributed by atoms with E-state index in [1.54, 1.807) is 0 Å². The number of rotatable bonds is 8. The Morgan fingerprint density at radius 2 is 1.03 bits per heavy atom. The Hall–Kier alpha value is -2.24. The fourth-order valence-corrected chi connectivity index (χ4v) is 0.979. The second-order valence-electron chi connectivity index (χ2n) is 5.33. The van der Waals surface area contributed by atoms with Crippen LogP contribution in [0.15, 0.2) is 0 Å². The maximum atomic E-state index is 10.3. The van der Waals surface area contributed by atoms with E-state index in [1.807, 2.05) is 0 Å². The highest BCUT2D eigenvalue weighted by Crippen LogP contribution is 2.02. The van der Waals surface area contributed by atoms with Crippen molar-refractivity contribution in [2.24, 2.45) is 0 Å². The largest absolute Gasteiger partial charge is 0.481 e. The predicted octanol–water partition coefficient (Wildman–Crippen LogP) is 1.12. The highest BCUT2D eigenvalue weighted by Gasteiger charge is 1.94. The van der Waals surface area contributed by atoms with E-state index >= 15 is 0 Å². The third kappa shape index (κ3) is 153.